The van der Waals surface area contributed by atoms with E-state index in [2.05, 4.69) is 10.2 Å². The normalized spacial score (nSPS) is 23.0. The van der Waals surface area contributed by atoms with E-state index in [4.69, 9.17) is 25.8 Å². The maximum atomic E-state index is 12.3. The van der Waals surface area contributed by atoms with Crippen molar-refractivity contribution in [3.8, 4) is 11.5 Å². The summed E-state index contributed by atoms with van der Waals surface area (Å²) in [6.45, 7) is 2.79. The summed E-state index contributed by atoms with van der Waals surface area (Å²) >= 11 is 6.14. The first-order valence-corrected chi connectivity index (χ1v) is 9.59. The van der Waals surface area contributed by atoms with Crippen LogP contribution in [0.25, 0.3) is 0 Å². The molecule has 0 aromatic heterocycles. The van der Waals surface area contributed by atoms with Crippen LogP contribution >= 0.6 is 11.6 Å². The third kappa shape index (κ3) is 4.35. The van der Waals surface area contributed by atoms with Gasteiger partial charge in [-0.05, 0) is 44.8 Å². The first kappa shape index (κ1) is 19.1. The summed E-state index contributed by atoms with van der Waals surface area (Å²) in [5.41, 5.74) is 0.464. The molecule has 0 saturated carbocycles. The highest BCUT2D eigenvalue weighted by Crippen LogP contribution is 2.36. The van der Waals surface area contributed by atoms with Crippen molar-refractivity contribution in [2.75, 3.05) is 39.2 Å². The number of anilines is 1. The van der Waals surface area contributed by atoms with Crippen molar-refractivity contribution < 1.29 is 19.0 Å². The van der Waals surface area contributed by atoms with Gasteiger partial charge in [-0.15, -0.1) is 0 Å². The third-order valence-electron chi connectivity index (χ3n) is 5.37. The van der Waals surface area contributed by atoms with Gasteiger partial charge in [-0.3, -0.25) is 10.2 Å². The number of carbonyl (C=O) groups excluding carboxylic acids is 1. The van der Waals surface area contributed by atoms with Gasteiger partial charge in [0.25, 0.3) is 0 Å². The van der Waals surface area contributed by atoms with Crippen LogP contribution in [-0.4, -0.2) is 51.0 Å². The monoisotopic (exact) mass is 382 g/mol. The van der Waals surface area contributed by atoms with Crippen molar-refractivity contribution >= 4 is 23.4 Å². The van der Waals surface area contributed by atoms with E-state index in [9.17, 15) is 4.79 Å². The largest absolute Gasteiger partial charge is 0.495 e. The molecule has 2 atom stereocenters. The molecule has 7 heteroatoms. The molecule has 3 rings (SSSR count). The second-order valence-electron chi connectivity index (χ2n) is 6.91. The Morgan fingerprint density at radius 2 is 1.92 bits per heavy atom. The molecule has 2 fully saturated rings. The molecule has 0 unspecified atom stereocenters. The molecule has 0 bridgehead atoms. The van der Waals surface area contributed by atoms with Gasteiger partial charge in [-0.25, -0.2) is 4.79 Å². The molecule has 2 aliphatic heterocycles. The van der Waals surface area contributed by atoms with Gasteiger partial charge in [0, 0.05) is 18.0 Å². The highest BCUT2D eigenvalue weighted by atomic mass is 35.5. The predicted molar refractivity (Wildman–Crippen MR) is 101 cm³/mol. The number of nitrogens with zero attached hydrogens (tertiary/aromatic N) is 1. The highest BCUT2D eigenvalue weighted by molar-refractivity contribution is 6.32. The van der Waals surface area contributed by atoms with Gasteiger partial charge in [0.15, 0.2) is 0 Å². The van der Waals surface area contributed by atoms with Crippen LogP contribution in [0.3, 0.4) is 0 Å². The van der Waals surface area contributed by atoms with Gasteiger partial charge in [-0.1, -0.05) is 18.0 Å². The second-order valence-corrected chi connectivity index (χ2v) is 7.32. The summed E-state index contributed by atoms with van der Waals surface area (Å²) < 4.78 is 16.0. The lowest BCUT2D eigenvalue weighted by Gasteiger charge is -2.44. The summed E-state index contributed by atoms with van der Waals surface area (Å²) in [5.74, 6) is 1.37. The number of hydrogen-bond acceptors (Lipinski definition) is 5. The van der Waals surface area contributed by atoms with Gasteiger partial charge in [0.2, 0.25) is 0 Å². The number of benzene rings is 1. The van der Waals surface area contributed by atoms with Crippen molar-refractivity contribution in [1.29, 1.82) is 0 Å². The number of nitrogens with one attached hydrogen (secondary N) is 1. The lowest BCUT2D eigenvalue weighted by molar-refractivity contribution is 0.0261. The Labute approximate surface area is 159 Å². The van der Waals surface area contributed by atoms with Crippen molar-refractivity contribution in [3.05, 3.63) is 17.2 Å². The first-order chi connectivity index (χ1) is 12.6. The average Bonchev–Trinajstić information content (AvgIpc) is 2.66. The predicted octanol–water partition coefficient (Wildman–Crippen LogP) is 4.17. The van der Waals surface area contributed by atoms with Gasteiger partial charge >= 0.3 is 6.09 Å². The van der Waals surface area contributed by atoms with Gasteiger partial charge in [0.1, 0.15) is 11.5 Å². The summed E-state index contributed by atoms with van der Waals surface area (Å²) in [4.78, 5) is 14.8. The molecule has 1 aromatic carbocycles. The third-order valence-corrected chi connectivity index (χ3v) is 5.66. The highest BCUT2D eigenvalue weighted by Gasteiger charge is 2.33. The van der Waals surface area contributed by atoms with Crippen LogP contribution in [0.15, 0.2) is 12.1 Å². The Kier molecular flexibility index (Phi) is 6.48. The van der Waals surface area contributed by atoms with Crippen LogP contribution in [-0.2, 0) is 4.74 Å². The zero-order valence-electron chi connectivity index (χ0n) is 15.4. The molecule has 144 valence electrons. The van der Waals surface area contributed by atoms with E-state index in [0.717, 1.165) is 6.42 Å². The van der Waals surface area contributed by atoms with Crippen molar-refractivity contribution in [3.63, 3.8) is 0 Å². The van der Waals surface area contributed by atoms with Crippen LogP contribution in [0.5, 0.6) is 11.5 Å². The number of rotatable bonds is 5. The Morgan fingerprint density at radius 1 is 1.15 bits per heavy atom. The van der Waals surface area contributed by atoms with Crippen molar-refractivity contribution in [2.24, 2.45) is 5.92 Å². The number of carbonyl (C=O) groups is 1. The van der Waals surface area contributed by atoms with Crippen molar-refractivity contribution in [2.45, 2.75) is 38.1 Å². The van der Waals surface area contributed by atoms with Crippen LogP contribution in [0.2, 0.25) is 5.02 Å². The average molecular weight is 383 g/mol. The standard InChI is InChI=1S/C19H27ClN2O4/c1-24-17-11-18(25-2)15(10-14(17)20)21-19(23)26-12-13-6-5-9-22-8-4-3-7-16(13)22/h10-11,13,16H,3-9,12H2,1-2H3,(H,21,23)/t13-,16+/m0/s1. The quantitative estimate of drug-likeness (QED) is 0.828. The number of piperidine rings is 2. The molecule has 0 spiro atoms. The van der Waals surface area contributed by atoms with E-state index in [1.54, 1.807) is 12.1 Å². The van der Waals surface area contributed by atoms with Gasteiger partial charge < -0.3 is 14.2 Å². The fourth-order valence-corrected chi connectivity index (χ4v) is 4.30. The minimum atomic E-state index is -0.488. The van der Waals surface area contributed by atoms with Crippen molar-refractivity contribution in [1.82, 2.24) is 4.90 Å². The Bertz CT molecular complexity index is 638. The van der Waals surface area contributed by atoms with E-state index < -0.39 is 6.09 Å². The van der Waals surface area contributed by atoms with E-state index in [0.29, 0.717) is 40.8 Å². The molecular formula is C19H27ClN2O4. The number of methoxy groups -OCH3 is 2. The van der Waals surface area contributed by atoms with Gasteiger partial charge in [0.05, 0.1) is 31.5 Å². The lowest BCUT2D eigenvalue weighted by Crippen LogP contribution is -2.49. The molecule has 2 aliphatic rings. The first-order valence-electron chi connectivity index (χ1n) is 9.21. The summed E-state index contributed by atoms with van der Waals surface area (Å²) in [6, 6.07) is 3.79. The number of ether oxygens (including phenoxy) is 3. The maximum Gasteiger partial charge on any atom is 0.411 e. The Hall–Kier alpha value is -1.66. The minimum Gasteiger partial charge on any atom is -0.495 e. The summed E-state index contributed by atoms with van der Waals surface area (Å²) in [5, 5.41) is 3.12. The Morgan fingerprint density at radius 3 is 2.69 bits per heavy atom. The van der Waals surface area contributed by atoms with Crippen LogP contribution in [0.4, 0.5) is 10.5 Å². The zero-order chi connectivity index (χ0) is 18.5. The van der Waals surface area contributed by atoms with Crippen LogP contribution in [0, 0.1) is 5.92 Å². The molecule has 1 amide bonds. The summed E-state index contributed by atoms with van der Waals surface area (Å²) in [6.07, 6.45) is 5.56. The number of halogens is 1. The lowest BCUT2D eigenvalue weighted by atomic mass is 9.84. The maximum absolute atomic E-state index is 12.3. The molecule has 26 heavy (non-hydrogen) atoms. The van der Waals surface area contributed by atoms with Gasteiger partial charge in [-0.2, -0.15) is 0 Å². The molecule has 0 aliphatic carbocycles. The molecule has 2 heterocycles. The molecule has 6 nitrogen and oxygen atoms in total. The minimum absolute atomic E-state index is 0.397. The van der Waals surface area contributed by atoms with E-state index >= 15 is 0 Å². The topological polar surface area (TPSA) is 60.0 Å². The fraction of sp³-hybridized carbons (Fsp3) is 0.632. The Balaban J connectivity index is 1.58. The number of fused-ring (bicyclic) bond motifs is 1. The van der Waals surface area contributed by atoms with E-state index in [1.165, 1.54) is 53.0 Å². The smallest absolute Gasteiger partial charge is 0.411 e. The zero-order valence-corrected chi connectivity index (χ0v) is 16.2. The number of amides is 1. The molecule has 2 saturated heterocycles. The molecule has 1 aromatic rings. The van der Waals surface area contributed by atoms with E-state index in [-0.39, 0.29) is 0 Å². The molecular weight excluding hydrogens is 356 g/mol. The number of hydrogen-bond donors (Lipinski definition) is 1. The SMILES string of the molecule is COc1cc(OC)c(NC(=O)OC[C@@H]2CCCN3CCCC[C@H]23)cc1Cl. The van der Waals surface area contributed by atoms with E-state index in [1.807, 2.05) is 0 Å². The van der Waals surface area contributed by atoms with Crippen LogP contribution < -0.4 is 14.8 Å². The fourth-order valence-electron chi connectivity index (χ4n) is 4.06. The van der Waals surface area contributed by atoms with Crippen LogP contribution in [0.1, 0.15) is 32.1 Å². The summed E-state index contributed by atoms with van der Waals surface area (Å²) in [7, 11) is 3.06. The molecule has 1 N–H and O–H groups in total. The second kappa shape index (κ2) is 8.82. The molecule has 0 radical (unpaired) electrons.